The smallest absolute Gasteiger partial charge is 0.232 e. The third kappa shape index (κ3) is 3.71. The van der Waals surface area contributed by atoms with Crippen LogP contribution in [0.2, 0.25) is 15.1 Å². The zero-order valence-corrected chi connectivity index (χ0v) is 18.8. The molecule has 0 aliphatic heterocycles. The molecule has 0 bridgehead atoms. The lowest BCUT2D eigenvalue weighted by atomic mass is 10.0. The summed E-state index contributed by atoms with van der Waals surface area (Å²) in [7, 11) is -4.01. The van der Waals surface area contributed by atoms with Gasteiger partial charge in [0.05, 0.1) is 15.6 Å². The molecule has 0 N–H and O–H groups in total. The van der Waals surface area contributed by atoms with E-state index in [0.29, 0.717) is 29.5 Å². The molecule has 0 aromatic heterocycles. The summed E-state index contributed by atoms with van der Waals surface area (Å²) in [6.45, 7) is 3.57. The molecule has 148 valence electrons. The Morgan fingerprint density at radius 3 is 1.86 bits per heavy atom. The monoisotopic (exact) mass is 456 g/mol. The summed E-state index contributed by atoms with van der Waals surface area (Å²) in [5.41, 5.74) is -0.182. The Morgan fingerprint density at radius 2 is 1.36 bits per heavy atom. The van der Waals surface area contributed by atoms with E-state index in [0.717, 1.165) is 12.8 Å². The van der Waals surface area contributed by atoms with Gasteiger partial charge in [0.15, 0.2) is 0 Å². The molecule has 1 fully saturated rings. The van der Waals surface area contributed by atoms with Crippen molar-refractivity contribution >= 4 is 53.0 Å². The van der Waals surface area contributed by atoms with Crippen LogP contribution in [0.5, 0.6) is 0 Å². The molecule has 1 aliphatic carbocycles. The molecule has 7 heteroatoms. The van der Waals surface area contributed by atoms with Crippen LogP contribution < -0.4 is 0 Å². The number of halogens is 3. The topological polar surface area (TPSA) is 51.2 Å². The Bertz CT molecular complexity index is 967. The molecule has 2 aromatic carbocycles. The summed E-state index contributed by atoms with van der Waals surface area (Å²) in [6, 6.07) is 8.16. The van der Waals surface area contributed by atoms with Crippen LogP contribution in [-0.2, 0) is 4.57 Å². The fourth-order valence-corrected chi connectivity index (χ4v) is 8.24. The molecule has 1 aliphatic rings. The van der Waals surface area contributed by atoms with Gasteiger partial charge in [-0.25, -0.2) is 0 Å². The molecular formula is C21H20Cl3O3P. The molecule has 2 aromatic rings. The number of hydrogen-bond acceptors (Lipinski definition) is 3. The van der Waals surface area contributed by atoms with E-state index >= 15 is 0 Å². The highest BCUT2D eigenvalue weighted by atomic mass is 35.5. The van der Waals surface area contributed by atoms with Crippen molar-refractivity contribution in [3.8, 4) is 0 Å². The van der Waals surface area contributed by atoms with E-state index in [1.807, 2.05) is 6.07 Å². The van der Waals surface area contributed by atoms with Gasteiger partial charge in [-0.1, -0.05) is 65.8 Å². The lowest BCUT2D eigenvalue weighted by molar-refractivity contribution is 0.103. The number of rotatable bonds is 5. The first-order valence-electron chi connectivity index (χ1n) is 9.08. The summed E-state index contributed by atoms with van der Waals surface area (Å²) in [4.78, 5) is 27.2. The normalized spacial score (nSPS) is 16.8. The van der Waals surface area contributed by atoms with Crippen molar-refractivity contribution < 1.29 is 14.2 Å². The molecule has 0 saturated heterocycles. The minimum absolute atomic E-state index is 0.00928. The highest BCUT2D eigenvalue weighted by molar-refractivity contribution is 7.96. The van der Waals surface area contributed by atoms with E-state index in [1.165, 1.54) is 12.1 Å². The predicted octanol–water partition coefficient (Wildman–Crippen LogP) is 7.55. The Morgan fingerprint density at radius 1 is 0.893 bits per heavy atom. The van der Waals surface area contributed by atoms with Gasteiger partial charge in [-0.05, 0) is 49.9 Å². The number of aryl methyl sites for hydroxylation is 2. The summed E-state index contributed by atoms with van der Waals surface area (Å²) >= 11 is 18.4. The van der Waals surface area contributed by atoms with Gasteiger partial charge in [0.25, 0.3) is 0 Å². The third-order valence-corrected chi connectivity index (χ3v) is 9.37. The summed E-state index contributed by atoms with van der Waals surface area (Å²) in [6.07, 6.45) is 2.82. The van der Waals surface area contributed by atoms with Crippen molar-refractivity contribution in [1.82, 2.24) is 0 Å². The number of carbonyl (C=O) groups is 2. The van der Waals surface area contributed by atoms with E-state index in [1.54, 1.807) is 26.0 Å². The first kappa shape index (κ1) is 21.6. The Hall–Kier alpha value is -1.12. The Balaban J connectivity index is 2.21. The first-order valence-corrected chi connectivity index (χ1v) is 12.0. The van der Waals surface area contributed by atoms with Gasteiger partial charge < -0.3 is 4.57 Å². The maximum atomic E-state index is 14.3. The SMILES string of the molecule is Cc1cccc(C)c1C(=O)P(=O)(C(=O)c1c(Cl)cc(Cl)cc1Cl)C1CCCC1. The lowest BCUT2D eigenvalue weighted by Crippen LogP contribution is -2.21. The van der Waals surface area contributed by atoms with Crippen LogP contribution in [0.1, 0.15) is 57.5 Å². The molecule has 3 nitrogen and oxygen atoms in total. The van der Waals surface area contributed by atoms with Crippen molar-refractivity contribution in [3.05, 3.63) is 67.7 Å². The minimum atomic E-state index is -4.01. The molecule has 0 amide bonds. The number of benzene rings is 2. The minimum Gasteiger partial charge on any atom is -0.306 e. The zero-order valence-electron chi connectivity index (χ0n) is 15.6. The molecule has 1 saturated carbocycles. The Kier molecular flexibility index (Phi) is 6.41. The van der Waals surface area contributed by atoms with Crippen LogP contribution in [0.3, 0.4) is 0 Å². The van der Waals surface area contributed by atoms with Gasteiger partial charge in [-0.3, -0.25) is 9.59 Å². The van der Waals surface area contributed by atoms with Gasteiger partial charge in [-0.15, -0.1) is 0 Å². The van der Waals surface area contributed by atoms with Gasteiger partial charge in [0.1, 0.15) is 0 Å². The van der Waals surface area contributed by atoms with Gasteiger partial charge >= 0.3 is 0 Å². The molecule has 28 heavy (non-hydrogen) atoms. The van der Waals surface area contributed by atoms with Crippen LogP contribution in [-0.4, -0.2) is 16.7 Å². The van der Waals surface area contributed by atoms with Gasteiger partial charge in [0.2, 0.25) is 18.2 Å². The van der Waals surface area contributed by atoms with Gasteiger partial charge in [0, 0.05) is 16.2 Å². The molecule has 0 heterocycles. The largest absolute Gasteiger partial charge is 0.306 e. The van der Waals surface area contributed by atoms with E-state index in [-0.39, 0.29) is 20.6 Å². The summed E-state index contributed by atoms with van der Waals surface area (Å²) in [5.74, 6) is 0. The molecule has 1 atom stereocenters. The van der Waals surface area contributed by atoms with E-state index < -0.39 is 23.8 Å². The quantitative estimate of drug-likeness (QED) is 0.435. The fraction of sp³-hybridized carbons (Fsp3) is 0.333. The van der Waals surface area contributed by atoms with E-state index in [9.17, 15) is 14.2 Å². The number of carbonyl (C=O) groups excluding carboxylic acids is 2. The molecule has 0 spiro atoms. The van der Waals surface area contributed by atoms with Crippen molar-refractivity contribution in [3.63, 3.8) is 0 Å². The first-order chi connectivity index (χ1) is 13.2. The van der Waals surface area contributed by atoms with Crippen LogP contribution in [0, 0.1) is 13.8 Å². The summed E-state index contributed by atoms with van der Waals surface area (Å²) < 4.78 is 14.3. The van der Waals surface area contributed by atoms with Crippen LogP contribution >= 0.6 is 41.9 Å². The Labute approximate surface area is 179 Å². The second kappa shape index (κ2) is 8.32. The van der Waals surface area contributed by atoms with Gasteiger partial charge in [-0.2, -0.15) is 0 Å². The van der Waals surface area contributed by atoms with Crippen LogP contribution in [0.25, 0.3) is 0 Å². The maximum absolute atomic E-state index is 14.3. The van der Waals surface area contributed by atoms with Crippen molar-refractivity contribution in [2.24, 2.45) is 0 Å². The second-order valence-electron chi connectivity index (χ2n) is 7.22. The highest BCUT2D eigenvalue weighted by Crippen LogP contribution is 2.62. The zero-order chi connectivity index (χ0) is 20.6. The molecule has 3 rings (SSSR count). The van der Waals surface area contributed by atoms with Crippen LogP contribution in [0.15, 0.2) is 30.3 Å². The van der Waals surface area contributed by atoms with E-state index in [4.69, 9.17) is 34.8 Å². The molecule has 0 radical (unpaired) electrons. The fourth-order valence-electron chi connectivity index (χ4n) is 3.92. The second-order valence-corrected chi connectivity index (χ2v) is 11.3. The van der Waals surface area contributed by atoms with Crippen molar-refractivity contribution in [1.29, 1.82) is 0 Å². The predicted molar refractivity (Wildman–Crippen MR) is 116 cm³/mol. The van der Waals surface area contributed by atoms with Crippen molar-refractivity contribution in [2.75, 3.05) is 0 Å². The van der Waals surface area contributed by atoms with E-state index in [2.05, 4.69) is 0 Å². The van der Waals surface area contributed by atoms with Crippen molar-refractivity contribution in [2.45, 2.75) is 45.2 Å². The average molecular weight is 458 g/mol. The standard InChI is InChI=1S/C21H20Cl3O3P/c1-12-6-5-7-13(2)18(12)20(25)28(27,15-8-3-4-9-15)21(26)19-16(23)10-14(22)11-17(19)24/h5-7,10-11,15H,3-4,8-9H2,1-2H3. The highest BCUT2D eigenvalue weighted by Gasteiger charge is 2.49. The third-order valence-electron chi connectivity index (χ3n) is 5.36. The number of hydrogen-bond donors (Lipinski definition) is 0. The average Bonchev–Trinajstić information content (AvgIpc) is 3.14. The molecule has 1 unspecified atom stereocenters. The maximum Gasteiger partial charge on any atom is 0.232 e. The molecular weight excluding hydrogens is 438 g/mol. The van der Waals surface area contributed by atoms with Crippen LogP contribution in [0.4, 0.5) is 0 Å². The summed E-state index contributed by atoms with van der Waals surface area (Å²) in [5, 5.41) is 0.286. The lowest BCUT2D eigenvalue weighted by Gasteiger charge is -2.24.